The van der Waals surface area contributed by atoms with Gasteiger partial charge in [-0.1, -0.05) is 0 Å². The zero-order valence-electron chi connectivity index (χ0n) is 24.9. The molecular weight excluding hydrogens is 544 g/mol. The van der Waals surface area contributed by atoms with Crippen LogP contribution in [0.25, 0.3) is 22.4 Å². The number of fused-ring (bicyclic) bond motifs is 1. The van der Waals surface area contributed by atoms with Crippen molar-refractivity contribution < 1.29 is 14.3 Å². The number of rotatable bonds is 6. The van der Waals surface area contributed by atoms with Crippen molar-refractivity contribution in [1.82, 2.24) is 24.3 Å². The fourth-order valence-corrected chi connectivity index (χ4v) is 5.56. The van der Waals surface area contributed by atoms with Crippen molar-refractivity contribution in [3.8, 4) is 11.4 Å². The molecule has 0 bridgehead atoms. The molecule has 2 fully saturated rings. The van der Waals surface area contributed by atoms with Gasteiger partial charge in [0.05, 0.1) is 18.6 Å². The third-order valence-electron chi connectivity index (χ3n) is 8.29. The number of amides is 3. The summed E-state index contributed by atoms with van der Waals surface area (Å²) in [6.07, 6.45) is 2.05. The number of nitrogens with one attached hydrogen (secondary N) is 2. The predicted octanol–water partition coefficient (Wildman–Crippen LogP) is 4.37. The van der Waals surface area contributed by atoms with E-state index in [0.717, 1.165) is 48.6 Å². The van der Waals surface area contributed by atoms with Crippen LogP contribution in [-0.2, 0) is 11.3 Å². The maximum Gasteiger partial charge on any atom is 0.323 e. The molecule has 2 aliphatic rings. The summed E-state index contributed by atoms with van der Waals surface area (Å²) in [5, 5.41) is 6.76. The standard InChI is InChI=1S/C32H38N8O3/c1-4-38-14-13-27-29(38)35-28(36-30(27)39-17-19-43-20-18-39)23-5-9-25(10-6-23)33-32(42)34-26-11-7-24(8-12-26)31(41)40-16-15-37(3)22(2)21-40/h5-14,22H,4,15-21H2,1-3H3,(H2,33,34,42). The highest BCUT2D eigenvalue weighted by atomic mass is 16.5. The van der Waals surface area contributed by atoms with Crippen LogP contribution in [0.4, 0.5) is 22.0 Å². The summed E-state index contributed by atoms with van der Waals surface area (Å²) in [4.78, 5) is 41.9. The second kappa shape index (κ2) is 12.4. The Morgan fingerprint density at radius 3 is 2.23 bits per heavy atom. The van der Waals surface area contributed by atoms with E-state index in [1.807, 2.05) is 29.2 Å². The lowest BCUT2D eigenvalue weighted by Gasteiger charge is -2.37. The number of anilines is 3. The van der Waals surface area contributed by atoms with Crippen molar-refractivity contribution in [2.24, 2.45) is 0 Å². The largest absolute Gasteiger partial charge is 0.378 e. The van der Waals surface area contributed by atoms with Crippen molar-refractivity contribution in [1.29, 1.82) is 0 Å². The van der Waals surface area contributed by atoms with Crippen LogP contribution >= 0.6 is 0 Å². The first-order chi connectivity index (χ1) is 20.9. The Bertz CT molecular complexity index is 1600. The zero-order chi connectivity index (χ0) is 29.9. The molecule has 2 aliphatic heterocycles. The number of piperazine rings is 1. The molecule has 4 aromatic rings. The summed E-state index contributed by atoms with van der Waals surface area (Å²) in [5.74, 6) is 1.57. The zero-order valence-corrected chi connectivity index (χ0v) is 24.9. The minimum Gasteiger partial charge on any atom is -0.378 e. The molecule has 0 radical (unpaired) electrons. The van der Waals surface area contributed by atoms with Gasteiger partial charge in [0, 0.05) is 74.0 Å². The Morgan fingerprint density at radius 2 is 1.58 bits per heavy atom. The first-order valence-corrected chi connectivity index (χ1v) is 14.9. The van der Waals surface area contributed by atoms with E-state index in [1.54, 1.807) is 24.3 Å². The molecule has 2 saturated heterocycles. The molecule has 0 aliphatic carbocycles. The summed E-state index contributed by atoms with van der Waals surface area (Å²) in [6, 6.07) is 16.6. The normalized spacial score (nSPS) is 17.7. The average molecular weight is 583 g/mol. The molecule has 224 valence electrons. The number of aromatic nitrogens is 3. The van der Waals surface area contributed by atoms with E-state index in [9.17, 15) is 9.59 Å². The molecular formula is C32H38N8O3. The molecule has 43 heavy (non-hydrogen) atoms. The molecule has 2 N–H and O–H groups in total. The van der Waals surface area contributed by atoms with Crippen LogP contribution in [0, 0.1) is 0 Å². The average Bonchev–Trinajstić information content (AvgIpc) is 3.46. The van der Waals surface area contributed by atoms with Crippen molar-refractivity contribution in [3.05, 3.63) is 66.4 Å². The van der Waals surface area contributed by atoms with Crippen LogP contribution in [0.3, 0.4) is 0 Å². The minimum absolute atomic E-state index is 0.0131. The molecule has 1 atom stereocenters. The molecule has 0 saturated carbocycles. The topological polar surface area (TPSA) is 108 Å². The van der Waals surface area contributed by atoms with E-state index in [4.69, 9.17) is 14.7 Å². The first kappa shape index (κ1) is 28.6. The Morgan fingerprint density at radius 1 is 0.907 bits per heavy atom. The molecule has 4 heterocycles. The van der Waals surface area contributed by atoms with Crippen molar-refractivity contribution >= 4 is 40.2 Å². The lowest BCUT2D eigenvalue weighted by molar-refractivity contribution is 0.0572. The summed E-state index contributed by atoms with van der Waals surface area (Å²) >= 11 is 0. The maximum absolute atomic E-state index is 12.9. The lowest BCUT2D eigenvalue weighted by Crippen LogP contribution is -2.52. The van der Waals surface area contributed by atoms with Gasteiger partial charge >= 0.3 is 6.03 Å². The number of hydrogen-bond donors (Lipinski definition) is 2. The quantitative estimate of drug-likeness (QED) is 0.348. The Labute approximate surface area is 251 Å². The molecule has 3 amide bonds. The summed E-state index contributed by atoms with van der Waals surface area (Å²) in [7, 11) is 2.08. The number of likely N-dealkylation sites (N-methyl/N-ethyl adjacent to an activating group) is 1. The number of carbonyl (C=O) groups is 2. The van der Waals surface area contributed by atoms with Gasteiger partial charge in [-0.2, -0.15) is 0 Å². The van der Waals surface area contributed by atoms with E-state index in [1.165, 1.54) is 0 Å². The number of aryl methyl sites for hydroxylation is 1. The predicted molar refractivity (Wildman–Crippen MR) is 169 cm³/mol. The second-order valence-corrected chi connectivity index (χ2v) is 11.1. The van der Waals surface area contributed by atoms with E-state index in [2.05, 4.69) is 58.2 Å². The first-order valence-electron chi connectivity index (χ1n) is 14.9. The number of nitrogens with zero attached hydrogens (tertiary/aromatic N) is 6. The monoisotopic (exact) mass is 582 g/mol. The summed E-state index contributed by atoms with van der Waals surface area (Å²) in [6.45, 7) is 10.2. The third-order valence-corrected chi connectivity index (χ3v) is 8.29. The van der Waals surface area contributed by atoms with Gasteiger partial charge in [0.1, 0.15) is 11.5 Å². The number of morpholine rings is 1. The van der Waals surface area contributed by atoms with Crippen LogP contribution in [0.15, 0.2) is 60.8 Å². The van der Waals surface area contributed by atoms with Crippen LogP contribution < -0.4 is 15.5 Å². The van der Waals surface area contributed by atoms with E-state index < -0.39 is 0 Å². The molecule has 11 nitrogen and oxygen atoms in total. The van der Waals surface area contributed by atoms with Gasteiger partial charge in [0.2, 0.25) is 0 Å². The molecule has 0 spiro atoms. The fraction of sp³-hybridized carbons (Fsp3) is 0.375. The fourth-order valence-electron chi connectivity index (χ4n) is 5.56. The molecule has 2 aromatic carbocycles. The van der Waals surface area contributed by atoms with Gasteiger partial charge in [0.25, 0.3) is 5.91 Å². The molecule has 11 heteroatoms. The number of hydrogen-bond acceptors (Lipinski definition) is 7. The minimum atomic E-state index is -0.368. The smallest absolute Gasteiger partial charge is 0.323 e. The number of urea groups is 1. The van der Waals surface area contributed by atoms with Crippen LogP contribution in [0.5, 0.6) is 0 Å². The van der Waals surface area contributed by atoms with E-state index >= 15 is 0 Å². The highest BCUT2D eigenvalue weighted by Gasteiger charge is 2.25. The van der Waals surface area contributed by atoms with Crippen molar-refractivity contribution in [3.63, 3.8) is 0 Å². The van der Waals surface area contributed by atoms with Gasteiger partial charge in [-0.05, 0) is 75.5 Å². The molecule has 6 rings (SSSR count). The Hall–Kier alpha value is -4.48. The summed E-state index contributed by atoms with van der Waals surface area (Å²) < 4.78 is 7.68. The van der Waals surface area contributed by atoms with Gasteiger partial charge in [-0.25, -0.2) is 14.8 Å². The van der Waals surface area contributed by atoms with E-state index in [0.29, 0.717) is 55.1 Å². The van der Waals surface area contributed by atoms with Crippen molar-refractivity contribution in [2.45, 2.75) is 26.4 Å². The van der Waals surface area contributed by atoms with Gasteiger partial charge in [0.15, 0.2) is 5.82 Å². The van der Waals surface area contributed by atoms with Gasteiger partial charge < -0.3 is 34.6 Å². The third kappa shape index (κ3) is 6.18. The van der Waals surface area contributed by atoms with Crippen LogP contribution in [0.2, 0.25) is 0 Å². The van der Waals surface area contributed by atoms with Crippen LogP contribution in [0.1, 0.15) is 24.2 Å². The lowest BCUT2D eigenvalue weighted by atomic mass is 10.1. The van der Waals surface area contributed by atoms with Gasteiger partial charge in [-0.15, -0.1) is 0 Å². The van der Waals surface area contributed by atoms with E-state index in [-0.39, 0.29) is 11.9 Å². The van der Waals surface area contributed by atoms with Gasteiger partial charge in [-0.3, -0.25) is 4.79 Å². The van der Waals surface area contributed by atoms with Crippen molar-refractivity contribution in [2.75, 3.05) is 68.5 Å². The number of benzene rings is 2. The maximum atomic E-state index is 12.9. The highest BCUT2D eigenvalue weighted by molar-refractivity contribution is 6.00. The number of carbonyl (C=O) groups excluding carboxylic acids is 2. The van der Waals surface area contributed by atoms with Crippen LogP contribution in [-0.4, -0.2) is 95.3 Å². The summed E-state index contributed by atoms with van der Waals surface area (Å²) in [5.41, 5.74) is 3.63. The highest BCUT2D eigenvalue weighted by Crippen LogP contribution is 2.29. The SMILES string of the molecule is CCn1ccc2c(N3CCOCC3)nc(-c3ccc(NC(=O)Nc4ccc(C(=O)N5CCN(C)C(C)C5)cc4)cc3)nc21. The Balaban J connectivity index is 1.11. The molecule has 1 unspecified atom stereocenters. The second-order valence-electron chi connectivity index (χ2n) is 11.1. The Kier molecular flexibility index (Phi) is 8.26. The molecule has 2 aromatic heterocycles. The number of ether oxygens (including phenoxy) is 1.